The minimum absolute atomic E-state index is 0.272. The van der Waals surface area contributed by atoms with Crippen LogP contribution in [0.1, 0.15) is 29.6 Å². The monoisotopic (exact) mass is 455 g/mol. The highest BCUT2D eigenvalue weighted by Gasteiger charge is 2.33. The molecule has 1 aromatic heterocycles. The second-order valence-electron chi connectivity index (χ2n) is 7.31. The summed E-state index contributed by atoms with van der Waals surface area (Å²) in [7, 11) is 1.59. The van der Waals surface area contributed by atoms with Gasteiger partial charge in [-0.15, -0.1) is 10.2 Å². The second-order valence-corrected chi connectivity index (χ2v) is 8.48. The summed E-state index contributed by atoms with van der Waals surface area (Å²) in [6.07, 6.45) is 2.06. The van der Waals surface area contributed by atoms with Crippen LogP contribution in [0.25, 0.3) is 11.4 Å². The van der Waals surface area contributed by atoms with Gasteiger partial charge in [0.05, 0.1) is 12.4 Å². The van der Waals surface area contributed by atoms with Gasteiger partial charge in [-0.05, 0) is 61.4 Å². The first-order valence-corrected chi connectivity index (χ1v) is 11.0. The van der Waals surface area contributed by atoms with Gasteiger partial charge < -0.3 is 10.6 Å². The molecule has 10 heteroatoms. The number of rotatable bonds is 5. The first kappa shape index (κ1) is 21.8. The normalized spacial score (nSPS) is 16.6. The molecule has 2 N–H and O–H groups in total. The van der Waals surface area contributed by atoms with Crippen molar-refractivity contribution in [3.05, 3.63) is 59.9 Å². The Bertz CT molecular complexity index is 1120. The molecule has 32 heavy (non-hydrogen) atoms. The number of likely N-dealkylation sites (tertiary alicyclic amines) is 1. The van der Waals surface area contributed by atoms with Crippen molar-refractivity contribution in [3.63, 3.8) is 0 Å². The molecule has 1 aliphatic rings. The molecule has 1 saturated heterocycles. The molecular weight excluding hydrogens is 433 g/mol. The van der Waals surface area contributed by atoms with Gasteiger partial charge in [0.2, 0.25) is 11.1 Å². The first-order chi connectivity index (χ1) is 15.5. The van der Waals surface area contributed by atoms with Crippen LogP contribution in [0.15, 0.2) is 53.7 Å². The highest BCUT2D eigenvalue weighted by molar-refractivity contribution is 8.00. The lowest BCUT2D eigenvalue weighted by molar-refractivity contribution is -0.127. The third kappa shape index (κ3) is 4.45. The summed E-state index contributed by atoms with van der Waals surface area (Å²) in [5.41, 5.74) is 1.03. The quantitative estimate of drug-likeness (QED) is 0.466. The SMILES string of the molecule is COc1ccc(-c2nnc(SC3CCCCN(C(=O)c4ccc(F)cc4)C3=O)n2N)cc1. The Morgan fingerprint density at radius 1 is 1.12 bits per heavy atom. The molecular formula is C22H22FN5O3S. The predicted octanol–water partition coefficient (Wildman–Crippen LogP) is 3.12. The Morgan fingerprint density at radius 2 is 1.84 bits per heavy atom. The minimum Gasteiger partial charge on any atom is -0.497 e. The molecule has 1 unspecified atom stereocenters. The number of carbonyl (C=O) groups excluding carboxylic acids is 2. The summed E-state index contributed by atoms with van der Waals surface area (Å²) in [5.74, 6) is 6.20. The Morgan fingerprint density at radius 3 is 2.53 bits per heavy atom. The average molecular weight is 456 g/mol. The molecule has 2 amide bonds. The van der Waals surface area contributed by atoms with Crippen LogP contribution in [0.3, 0.4) is 0 Å². The van der Waals surface area contributed by atoms with E-state index >= 15 is 0 Å². The molecule has 4 rings (SSSR count). The van der Waals surface area contributed by atoms with Crippen LogP contribution >= 0.6 is 11.8 Å². The number of aromatic nitrogens is 3. The van der Waals surface area contributed by atoms with Crippen molar-refractivity contribution in [2.24, 2.45) is 0 Å². The summed E-state index contributed by atoms with van der Waals surface area (Å²) < 4.78 is 19.7. The van der Waals surface area contributed by atoms with Crippen LogP contribution in [-0.4, -0.2) is 50.5 Å². The standard InChI is InChI=1S/C22H22FN5O3S/c1-31-17-11-7-14(8-12-17)19-25-26-22(28(19)24)32-18-4-2-3-13-27(21(18)30)20(29)15-5-9-16(23)10-6-15/h5-12,18H,2-4,13,24H2,1H3. The van der Waals surface area contributed by atoms with Crippen molar-refractivity contribution in [2.75, 3.05) is 19.5 Å². The number of hydrogen-bond acceptors (Lipinski definition) is 7. The number of carbonyl (C=O) groups is 2. The van der Waals surface area contributed by atoms with Gasteiger partial charge in [-0.3, -0.25) is 14.5 Å². The van der Waals surface area contributed by atoms with E-state index in [1.54, 1.807) is 19.2 Å². The average Bonchev–Trinajstić information content (AvgIpc) is 3.07. The van der Waals surface area contributed by atoms with Gasteiger partial charge in [0.25, 0.3) is 5.91 Å². The lowest BCUT2D eigenvalue weighted by atomic mass is 10.2. The number of imide groups is 1. The van der Waals surface area contributed by atoms with E-state index in [1.165, 1.54) is 45.6 Å². The molecule has 3 aromatic rings. The van der Waals surface area contributed by atoms with Gasteiger partial charge in [0.1, 0.15) is 11.6 Å². The zero-order chi connectivity index (χ0) is 22.7. The van der Waals surface area contributed by atoms with E-state index in [0.717, 1.165) is 12.0 Å². The third-order valence-electron chi connectivity index (χ3n) is 5.24. The molecule has 0 radical (unpaired) electrons. The first-order valence-electron chi connectivity index (χ1n) is 10.1. The molecule has 1 aliphatic heterocycles. The Hall–Kier alpha value is -3.40. The van der Waals surface area contributed by atoms with Gasteiger partial charge in [0.15, 0.2) is 5.82 Å². The fourth-order valence-electron chi connectivity index (χ4n) is 3.49. The lowest BCUT2D eigenvalue weighted by Crippen LogP contribution is -2.41. The highest BCUT2D eigenvalue weighted by Crippen LogP contribution is 2.31. The molecule has 0 aliphatic carbocycles. The largest absolute Gasteiger partial charge is 0.497 e. The second kappa shape index (κ2) is 9.39. The van der Waals surface area contributed by atoms with E-state index in [2.05, 4.69) is 10.2 Å². The van der Waals surface area contributed by atoms with Crippen molar-refractivity contribution in [1.29, 1.82) is 0 Å². The van der Waals surface area contributed by atoms with Crippen molar-refractivity contribution in [2.45, 2.75) is 29.7 Å². The number of nitrogens with two attached hydrogens (primary N) is 1. The Labute approximate surface area is 188 Å². The van der Waals surface area contributed by atoms with E-state index in [4.69, 9.17) is 10.6 Å². The summed E-state index contributed by atoms with van der Waals surface area (Å²) in [4.78, 5) is 27.3. The lowest BCUT2D eigenvalue weighted by Gasteiger charge is -2.22. The molecule has 1 atom stereocenters. The van der Waals surface area contributed by atoms with Gasteiger partial charge >= 0.3 is 0 Å². The number of methoxy groups -OCH3 is 1. The van der Waals surface area contributed by atoms with E-state index in [-0.39, 0.29) is 11.5 Å². The fourth-order valence-corrected chi connectivity index (χ4v) is 4.54. The third-order valence-corrected chi connectivity index (χ3v) is 6.45. The van der Waals surface area contributed by atoms with Crippen LogP contribution in [0.4, 0.5) is 4.39 Å². The summed E-state index contributed by atoms with van der Waals surface area (Å²) in [5, 5.41) is 8.17. The number of nitrogen functional groups attached to an aromatic ring is 1. The van der Waals surface area contributed by atoms with Gasteiger partial charge in [0, 0.05) is 17.7 Å². The number of benzene rings is 2. The van der Waals surface area contributed by atoms with E-state index < -0.39 is 17.0 Å². The molecule has 8 nitrogen and oxygen atoms in total. The van der Waals surface area contributed by atoms with E-state index in [9.17, 15) is 14.0 Å². The van der Waals surface area contributed by atoms with Crippen molar-refractivity contribution >= 4 is 23.6 Å². The van der Waals surface area contributed by atoms with Gasteiger partial charge in [-0.25, -0.2) is 9.07 Å². The number of thioether (sulfide) groups is 1. The van der Waals surface area contributed by atoms with Crippen LogP contribution in [0.5, 0.6) is 5.75 Å². The minimum atomic E-state index is -0.530. The maximum absolute atomic E-state index is 13.2. The Balaban J connectivity index is 1.53. The molecule has 0 saturated carbocycles. The van der Waals surface area contributed by atoms with Crippen LogP contribution in [0, 0.1) is 5.82 Å². The van der Waals surface area contributed by atoms with Crippen LogP contribution in [0.2, 0.25) is 0 Å². The Kier molecular flexibility index (Phi) is 6.40. The summed E-state index contributed by atoms with van der Waals surface area (Å²) >= 11 is 1.19. The molecule has 1 fully saturated rings. The zero-order valence-electron chi connectivity index (χ0n) is 17.4. The number of ether oxygens (including phenoxy) is 1. The fraction of sp³-hybridized carbons (Fsp3) is 0.273. The maximum atomic E-state index is 13.2. The van der Waals surface area contributed by atoms with Crippen molar-refractivity contribution < 1.29 is 18.7 Å². The number of hydrogen-bond donors (Lipinski definition) is 1. The van der Waals surface area contributed by atoms with Crippen molar-refractivity contribution in [1.82, 2.24) is 19.8 Å². The number of halogens is 1. The predicted molar refractivity (Wildman–Crippen MR) is 118 cm³/mol. The molecule has 166 valence electrons. The highest BCUT2D eigenvalue weighted by atomic mass is 32.2. The zero-order valence-corrected chi connectivity index (χ0v) is 18.2. The van der Waals surface area contributed by atoms with E-state index in [1.807, 2.05) is 12.1 Å². The molecule has 0 bridgehead atoms. The smallest absolute Gasteiger partial charge is 0.260 e. The number of nitrogens with zero attached hydrogens (tertiary/aromatic N) is 4. The van der Waals surface area contributed by atoms with Gasteiger partial charge in [-0.2, -0.15) is 0 Å². The summed E-state index contributed by atoms with van der Waals surface area (Å²) in [6.45, 7) is 0.318. The van der Waals surface area contributed by atoms with Gasteiger partial charge in [-0.1, -0.05) is 18.2 Å². The molecule has 2 aromatic carbocycles. The molecule has 0 spiro atoms. The van der Waals surface area contributed by atoms with E-state index in [0.29, 0.717) is 36.1 Å². The van der Waals surface area contributed by atoms with Crippen LogP contribution in [-0.2, 0) is 4.79 Å². The number of amides is 2. The summed E-state index contributed by atoms with van der Waals surface area (Å²) in [6, 6.07) is 12.4. The topological polar surface area (TPSA) is 103 Å². The van der Waals surface area contributed by atoms with Crippen LogP contribution < -0.4 is 10.6 Å². The maximum Gasteiger partial charge on any atom is 0.260 e. The van der Waals surface area contributed by atoms with Crippen molar-refractivity contribution in [3.8, 4) is 17.1 Å². The molecule has 2 heterocycles.